The Morgan fingerprint density at radius 2 is 2.39 bits per heavy atom. The third kappa shape index (κ3) is 2.72. The predicted octanol–water partition coefficient (Wildman–Crippen LogP) is 2.55. The van der Waals surface area contributed by atoms with Crippen LogP contribution in [0.15, 0.2) is 0 Å². The van der Waals surface area contributed by atoms with Crippen LogP contribution in [0, 0.1) is 6.92 Å². The van der Waals surface area contributed by atoms with E-state index in [-0.39, 0.29) is 5.78 Å². The van der Waals surface area contributed by atoms with E-state index in [4.69, 9.17) is 0 Å². The molecule has 1 aliphatic rings. The molecule has 0 bridgehead atoms. The quantitative estimate of drug-likeness (QED) is 0.833. The first-order valence-corrected chi connectivity index (χ1v) is 7.36. The van der Waals surface area contributed by atoms with Crippen molar-refractivity contribution in [3.63, 3.8) is 0 Å². The Bertz CT molecular complexity index is 430. The lowest BCUT2D eigenvalue weighted by atomic mass is 10.1. The number of hydrogen-bond donors (Lipinski definition) is 1. The van der Waals surface area contributed by atoms with Crippen molar-refractivity contribution >= 4 is 22.3 Å². The molecule has 18 heavy (non-hydrogen) atoms. The number of aryl methyl sites for hydroxylation is 1. The van der Waals surface area contributed by atoms with E-state index in [9.17, 15) is 4.79 Å². The summed E-state index contributed by atoms with van der Waals surface area (Å²) in [7, 11) is 0. The molecule has 0 aliphatic carbocycles. The molecule has 0 aromatic carbocycles. The lowest BCUT2D eigenvalue weighted by Crippen LogP contribution is -2.34. The smallest absolute Gasteiger partial charge is 0.164 e. The van der Waals surface area contributed by atoms with Gasteiger partial charge in [-0.1, -0.05) is 6.92 Å². The fraction of sp³-hybridized carbons (Fsp3) is 0.692. The van der Waals surface area contributed by atoms with Gasteiger partial charge in [0.05, 0.1) is 11.3 Å². The van der Waals surface area contributed by atoms with Crippen LogP contribution in [0.3, 0.4) is 0 Å². The van der Waals surface area contributed by atoms with Crippen molar-refractivity contribution in [2.45, 2.75) is 39.7 Å². The number of nitrogens with zero attached hydrogens (tertiary/aromatic N) is 2. The van der Waals surface area contributed by atoms with Gasteiger partial charge in [0.1, 0.15) is 5.00 Å². The molecule has 1 aliphatic heterocycles. The highest BCUT2D eigenvalue weighted by Gasteiger charge is 2.23. The SMILES string of the molecule is CCN1CCCC1CNc1snc(C)c1C(C)=O. The average molecular weight is 267 g/mol. The van der Waals surface area contributed by atoms with E-state index in [0.29, 0.717) is 6.04 Å². The number of likely N-dealkylation sites (N-methyl/N-ethyl adjacent to an activating group) is 1. The highest BCUT2D eigenvalue weighted by Crippen LogP contribution is 2.26. The lowest BCUT2D eigenvalue weighted by Gasteiger charge is -2.23. The summed E-state index contributed by atoms with van der Waals surface area (Å²) >= 11 is 1.40. The van der Waals surface area contributed by atoms with Gasteiger partial charge in [0.2, 0.25) is 0 Å². The molecular weight excluding hydrogens is 246 g/mol. The van der Waals surface area contributed by atoms with Crippen LogP contribution in [0.2, 0.25) is 0 Å². The number of hydrogen-bond acceptors (Lipinski definition) is 5. The summed E-state index contributed by atoms with van der Waals surface area (Å²) < 4.78 is 4.27. The number of carbonyl (C=O) groups is 1. The summed E-state index contributed by atoms with van der Waals surface area (Å²) in [5, 5.41) is 4.35. The first-order valence-electron chi connectivity index (χ1n) is 6.58. The van der Waals surface area contributed by atoms with E-state index in [1.54, 1.807) is 6.92 Å². The topological polar surface area (TPSA) is 45.2 Å². The number of likely N-dealkylation sites (tertiary alicyclic amines) is 1. The average Bonchev–Trinajstić information content (AvgIpc) is 2.92. The highest BCUT2D eigenvalue weighted by molar-refractivity contribution is 7.10. The normalized spacial score (nSPS) is 20.3. The van der Waals surface area contributed by atoms with Crippen LogP contribution in [0.5, 0.6) is 0 Å². The summed E-state index contributed by atoms with van der Waals surface area (Å²) in [4.78, 5) is 14.1. The van der Waals surface area contributed by atoms with Crippen molar-refractivity contribution in [3.05, 3.63) is 11.3 Å². The first kappa shape index (κ1) is 13.5. The van der Waals surface area contributed by atoms with Crippen LogP contribution in [0.1, 0.15) is 42.7 Å². The van der Waals surface area contributed by atoms with Crippen molar-refractivity contribution < 1.29 is 4.79 Å². The zero-order valence-corrected chi connectivity index (χ0v) is 12.1. The van der Waals surface area contributed by atoms with E-state index in [1.165, 1.54) is 30.9 Å². The standard InChI is InChI=1S/C13H21N3OS/c1-4-16-7-5-6-11(16)8-14-13-12(10(3)17)9(2)15-18-13/h11,14H,4-8H2,1-3H3. The molecule has 2 rings (SSSR count). The second kappa shape index (κ2) is 5.80. The maximum Gasteiger partial charge on any atom is 0.164 e. The van der Waals surface area contributed by atoms with E-state index in [1.807, 2.05) is 6.92 Å². The molecule has 1 aromatic heterocycles. The number of nitrogens with one attached hydrogen (secondary N) is 1. The van der Waals surface area contributed by atoms with Crippen molar-refractivity contribution in [2.24, 2.45) is 0 Å². The fourth-order valence-corrected chi connectivity index (χ4v) is 3.51. The van der Waals surface area contributed by atoms with Crippen molar-refractivity contribution in [3.8, 4) is 0 Å². The maximum absolute atomic E-state index is 11.6. The molecule has 0 spiro atoms. The lowest BCUT2D eigenvalue weighted by molar-refractivity contribution is 0.101. The van der Waals surface area contributed by atoms with Gasteiger partial charge in [-0.3, -0.25) is 9.69 Å². The molecule has 4 nitrogen and oxygen atoms in total. The molecule has 1 atom stereocenters. The zero-order chi connectivity index (χ0) is 13.1. The van der Waals surface area contributed by atoms with Crippen LogP contribution in [-0.2, 0) is 0 Å². The largest absolute Gasteiger partial charge is 0.373 e. The van der Waals surface area contributed by atoms with Crippen LogP contribution in [0.25, 0.3) is 0 Å². The number of Topliss-reactive ketones (excluding diaryl/α,β-unsaturated/α-hetero) is 1. The van der Waals surface area contributed by atoms with Gasteiger partial charge in [-0.2, -0.15) is 4.37 Å². The van der Waals surface area contributed by atoms with Gasteiger partial charge < -0.3 is 5.32 Å². The number of anilines is 1. The summed E-state index contributed by atoms with van der Waals surface area (Å²) in [6, 6.07) is 0.595. The molecule has 1 fully saturated rings. The van der Waals surface area contributed by atoms with E-state index in [0.717, 1.165) is 29.3 Å². The second-order valence-electron chi connectivity index (χ2n) is 4.83. The zero-order valence-electron chi connectivity index (χ0n) is 11.3. The molecule has 100 valence electrons. The molecule has 1 unspecified atom stereocenters. The number of aromatic nitrogens is 1. The molecule has 0 amide bonds. The molecule has 0 radical (unpaired) electrons. The van der Waals surface area contributed by atoms with Crippen LogP contribution in [0.4, 0.5) is 5.00 Å². The minimum Gasteiger partial charge on any atom is -0.373 e. The van der Waals surface area contributed by atoms with Crippen molar-refractivity contribution in [1.29, 1.82) is 0 Å². The Morgan fingerprint density at radius 3 is 3.06 bits per heavy atom. The highest BCUT2D eigenvalue weighted by atomic mass is 32.1. The summed E-state index contributed by atoms with van der Waals surface area (Å²) in [5.74, 6) is 0.0996. The molecule has 2 heterocycles. The molecule has 1 aromatic rings. The minimum atomic E-state index is 0.0996. The van der Waals surface area contributed by atoms with Gasteiger partial charge in [0, 0.05) is 12.6 Å². The monoisotopic (exact) mass is 267 g/mol. The number of ketones is 1. The summed E-state index contributed by atoms with van der Waals surface area (Å²) in [6.07, 6.45) is 2.52. The van der Waals surface area contributed by atoms with Crippen LogP contribution >= 0.6 is 11.5 Å². The summed E-state index contributed by atoms with van der Waals surface area (Å²) in [5.41, 5.74) is 1.61. The van der Waals surface area contributed by atoms with Gasteiger partial charge in [-0.15, -0.1) is 0 Å². The Kier molecular flexibility index (Phi) is 4.35. The molecule has 1 saturated heterocycles. The van der Waals surface area contributed by atoms with E-state index >= 15 is 0 Å². The molecule has 0 saturated carbocycles. The Morgan fingerprint density at radius 1 is 1.61 bits per heavy atom. The Labute approximate surface area is 113 Å². The third-order valence-corrected chi connectivity index (χ3v) is 4.51. The predicted molar refractivity (Wildman–Crippen MR) is 75.6 cm³/mol. The van der Waals surface area contributed by atoms with Gasteiger partial charge in [0.15, 0.2) is 5.78 Å². The van der Waals surface area contributed by atoms with Gasteiger partial charge in [-0.05, 0) is 51.3 Å². The van der Waals surface area contributed by atoms with Crippen molar-refractivity contribution in [2.75, 3.05) is 25.0 Å². The molecular formula is C13H21N3OS. The Balaban J connectivity index is 2.00. The third-order valence-electron chi connectivity index (χ3n) is 3.62. The molecule has 1 N–H and O–H groups in total. The van der Waals surface area contributed by atoms with Crippen LogP contribution < -0.4 is 5.32 Å². The second-order valence-corrected chi connectivity index (χ2v) is 5.61. The number of carbonyl (C=O) groups excluding carboxylic acids is 1. The first-order chi connectivity index (χ1) is 8.63. The van der Waals surface area contributed by atoms with Gasteiger partial charge in [-0.25, -0.2) is 0 Å². The van der Waals surface area contributed by atoms with Crippen LogP contribution in [-0.4, -0.2) is 40.7 Å². The van der Waals surface area contributed by atoms with Gasteiger partial charge in [0.25, 0.3) is 0 Å². The van der Waals surface area contributed by atoms with Crippen molar-refractivity contribution in [1.82, 2.24) is 9.27 Å². The van der Waals surface area contributed by atoms with E-state index < -0.39 is 0 Å². The van der Waals surface area contributed by atoms with Gasteiger partial charge >= 0.3 is 0 Å². The Hall–Kier alpha value is -0.940. The fourth-order valence-electron chi connectivity index (χ4n) is 2.66. The number of rotatable bonds is 5. The maximum atomic E-state index is 11.6. The minimum absolute atomic E-state index is 0.0996. The summed E-state index contributed by atoms with van der Waals surface area (Å²) in [6.45, 7) is 8.92. The van der Waals surface area contributed by atoms with E-state index in [2.05, 4.69) is 21.5 Å². The molecule has 5 heteroatoms.